The first-order valence-corrected chi connectivity index (χ1v) is 6.04. The van der Waals surface area contributed by atoms with Gasteiger partial charge in [-0.25, -0.2) is 0 Å². The minimum absolute atomic E-state index is 0.119. The van der Waals surface area contributed by atoms with E-state index in [2.05, 4.69) is 4.99 Å². The molecule has 0 unspecified atom stereocenters. The minimum atomic E-state index is -0.533. The van der Waals surface area contributed by atoms with Gasteiger partial charge in [0.1, 0.15) is 0 Å². The predicted molar refractivity (Wildman–Crippen MR) is 75.7 cm³/mol. The normalized spacial score (nSPS) is 10.9. The van der Waals surface area contributed by atoms with Gasteiger partial charge in [-0.3, -0.25) is 15.1 Å². The summed E-state index contributed by atoms with van der Waals surface area (Å²) < 4.78 is 0. The molecule has 2 aromatic rings. The van der Waals surface area contributed by atoms with Gasteiger partial charge < -0.3 is 5.11 Å². The number of nitrogens with zero attached hydrogens (tertiary/aromatic N) is 2. The van der Waals surface area contributed by atoms with Crippen LogP contribution >= 0.6 is 0 Å². The summed E-state index contributed by atoms with van der Waals surface area (Å²) in [7, 11) is 0. The molecule has 5 nitrogen and oxygen atoms in total. The lowest BCUT2D eigenvalue weighted by Crippen LogP contribution is -1.98. The fourth-order valence-corrected chi connectivity index (χ4v) is 1.75. The Bertz CT molecular complexity index is 694. The van der Waals surface area contributed by atoms with Crippen LogP contribution in [-0.2, 0) is 0 Å². The summed E-state index contributed by atoms with van der Waals surface area (Å²) in [5.41, 5.74) is 2.87. The van der Waals surface area contributed by atoms with Gasteiger partial charge in [-0.15, -0.1) is 0 Å². The molecule has 0 saturated carbocycles. The Balaban J connectivity index is 2.38. The van der Waals surface area contributed by atoms with Crippen LogP contribution in [-0.4, -0.2) is 11.1 Å². The zero-order valence-electron chi connectivity index (χ0n) is 11.2. The van der Waals surface area contributed by atoms with Gasteiger partial charge in [0.2, 0.25) is 0 Å². The van der Waals surface area contributed by atoms with E-state index in [1.165, 1.54) is 24.4 Å². The van der Waals surface area contributed by atoms with Crippen molar-refractivity contribution in [1.29, 1.82) is 0 Å². The first-order chi connectivity index (χ1) is 9.47. The average molecular weight is 269 g/mol. The average Bonchev–Trinajstić information content (AvgIpc) is 2.41. The van der Waals surface area contributed by atoms with Gasteiger partial charge in [0.05, 0.1) is 10.6 Å². The number of nitro benzene ring substituents is 1. The summed E-state index contributed by atoms with van der Waals surface area (Å²) in [6.45, 7) is 3.86. The highest BCUT2D eigenvalue weighted by atomic mass is 16.6. The topological polar surface area (TPSA) is 78.6 Å². The number of benzene rings is 2. The van der Waals surface area contributed by atoms with Crippen molar-refractivity contribution in [3.05, 3.63) is 63.2 Å². The third-order valence-electron chi connectivity index (χ3n) is 2.91. The Hall–Kier alpha value is -2.69. The second-order valence-corrected chi connectivity index (χ2v) is 4.53. The number of hydrogen-bond acceptors (Lipinski definition) is 4. The quantitative estimate of drug-likeness (QED) is 0.488. The number of rotatable bonds is 3. The Labute approximate surface area is 116 Å². The zero-order valence-corrected chi connectivity index (χ0v) is 11.2. The summed E-state index contributed by atoms with van der Waals surface area (Å²) in [5.74, 6) is -0.287. The lowest BCUT2D eigenvalue weighted by atomic mass is 10.1. The van der Waals surface area contributed by atoms with Crippen molar-refractivity contribution >= 4 is 17.6 Å². The smallest absolute Gasteiger partial charge is 0.270 e. The first-order valence-electron chi connectivity index (χ1n) is 6.04. The van der Waals surface area contributed by atoms with Gasteiger partial charge in [-0.2, -0.15) is 0 Å². The van der Waals surface area contributed by atoms with Crippen LogP contribution in [0.4, 0.5) is 11.4 Å². The summed E-state index contributed by atoms with van der Waals surface area (Å²) in [6, 6.07) is 9.42. The monoisotopic (exact) mass is 269 g/mol. The van der Waals surface area contributed by atoms with Gasteiger partial charge in [-0.1, -0.05) is 23.9 Å². The maximum atomic E-state index is 11.7. The van der Waals surface area contributed by atoms with E-state index in [0.717, 1.165) is 16.8 Å². The van der Waals surface area contributed by atoms with Crippen molar-refractivity contribution in [2.75, 3.05) is 0 Å². The number of aryl methyl sites for hydroxylation is 2. The summed E-state index contributed by atoms with van der Waals surface area (Å²) >= 11 is 0. The molecule has 0 saturated heterocycles. The van der Waals surface area contributed by atoms with Crippen molar-refractivity contribution in [1.82, 2.24) is 0 Å². The van der Waals surface area contributed by atoms with Crippen LogP contribution in [0.5, 0.6) is 5.75 Å². The molecule has 5 heteroatoms. The number of non-ortho nitro benzene ring substituents is 1. The van der Waals surface area contributed by atoms with Crippen molar-refractivity contribution in [3.8, 4) is 5.75 Å². The molecule has 2 rings (SSSR count). The van der Waals surface area contributed by atoms with Crippen LogP contribution in [0.25, 0.3) is 0 Å². The number of hydrogen-bond donors (Lipinski definition) is 0. The highest BCUT2D eigenvalue weighted by Crippen LogP contribution is 2.22. The lowest BCUT2D eigenvalue weighted by Gasteiger charge is -2.09. The zero-order chi connectivity index (χ0) is 14.7. The van der Waals surface area contributed by atoms with Crippen molar-refractivity contribution in [2.24, 2.45) is 4.99 Å². The standard InChI is InChI=1S/C15H14N2O3/c1-10-3-4-11(2)14(7-10)16-9-12-8-13(17(19)20)5-6-15(12)18/h3-9,18H,1-2H3/p-1. The molecular formula is C15H13N2O3-. The van der Waals surface area contributed by atoms with E-state index in [9.17, 15) is 15.2 Å². The highest BCUT2D eigenvalue weighted by molar-refractivity contribution is 5.86. The van der Waals surface area contributed by atoms with Gasteiger partial charge in [0, 0.05) is 18.3 Å². The fraction of sp³-hybridized carbons (Fsp3) is 0.133. The van der Waals surface area contributed by atoms with Crippen molar-refractivity contribution < 1.29 is 10.0 Å². The molecule has 0 radical (unpaired) electrons. The van der Waals surface area contributed by atoms with E-state index in [1.807, 2.05) is 32.0 Å². The van der Waals surface area contributed by atoms with Crippen LogP contribution in [0.1, 0.15) is 16.7 Å². The maximum absolute atomic E-state index is 11.7. The van der Waals surface area contributed by atoms with Crippen molar-refractivity contribution in [3.63, 3.8) is 0 Å². The maximum Gasteiger partial charge on any atom is 0.270 e. The van der Waals surface area contributed by atoms with Gasteiger partial charge >= 0.3 is 0 Å². The molecule has 0 aliphatic rings. The van der Waals surface area contributed by atoms with E-state index in [1.54, 1.807) is 0 Å². The molecular weight excluding hydrogens is 256 g/mol. The van der Waals surface area contributed by atoms with E-state index < -0.39 is 4.92 Å². The highest BCUT2D eigenvalue weighted by Gasteiger charge is 2.05. The predicted octanol–water partition coefficient (Wildman–Crippen LogP) is 3.04. The van der Waals surface area contributed by atoms with Gasteiger partial charge in [0.15, 0.2) is 0 Å². The summed E-state index contributed by atoms with van der Waals surface area (Å²) in [4.78, 5) is 14.4. The van der Waals surface area contributed by atoms with Crippen LogP contribution in [0.2, 0.25) is 0 Å². The molecule has 0 atom stereocenters. The molecule has 0 heterocycles. The summed E-state index contributed by atoms with van der Waals surface area (Å²) in [6.07, 6.45) is 1.37. The Morgan fingerprint density at radius 3 is 2.60 bits per heavy atom. The molecule has 0 bridgehead atoms. The molecule has 0 spiro atoms. The minimum Gasteiger partial charge on any atom is -0.872 e. The van der Waals surface area contributed by atoms with E-state index in [4.69, 9.17) is 0 Å². The molecule has 2 aromatic carbocycles. The Kier molecular flexibility index (Phi) is 3.79. The first kappa shape index (κ1) is 13.7. The van der Waals surface area contributed by atoms with Crippen molar-refractivity contribution in [2.45, 2.75) is 13.8 Å². The van der Waals surface area contributed by atoms with Crippen LogP contribution < -0.4 is 5.11 Å². The molecule has 0 aliphatic heterocycles. The fourth-order valence-electron chi connectivity index (χ4n) is 1.75. The largest absolute Gasteiger partial charge is 0.872 e. The second kappa shape index (κ2) is 5.52. The van der Waals surface area contributed by atoms with E-state index in [-0.39, 0.29) is 17.0 Å². The SMILES string of the molecule is Cc1ccc(C)c(N=Cc2cc([N+](=O)[O-])ccc2[O-])c1. The molecule has 0 aliphatic carbocycles. The van der Waals surface area contributed by atoms with Gasteiger partial charge in [-0.05, 0) is 36.6 Å². The molecule has 0 fully saturated rings. The third-order valence-corrected chi connectivity index (χ3v) is 2.91. The second-order valence-electron chi connectivity index (χ2n) is 4.53. The molecule has 102 valence electrons. The lowest BCUT2D eigenvalue weighted by molar-refractivity contribution is -0.385. The number of nitro groups is 1. The third kappa shape index (κ3) is 3.00. The van der Waals surface area contributed by atoms with E-state index >= 15 is 0 Å². The Morgan fingerprint density at radius 2 is 1.90 bits per heavy atom. The molecule has 0 N–H and O–H groups in total. The molecule has 0 amide bonds. The van der Waals surface area contributed by atoms with Gasteiger partial charge in [0.25, 0.3) is 5.69 Å². The van der Waals surface area contributed by atoms with E-state index in [0.29, 0.717) is 0 Å². The molecule has 20 heavy (non-hydrogen) atoms. The van der Waals surface area contributed by atoms with Crippen LogP contribution in [0.3, 0.4) is 0 Å². The Morgan fingerprint density at radius 1 is 1.15 bits per heavy atom. The summed E-state index contributed by atoms with van der Waals surface area (Å²) in [5, 5.41) is 22.3. The molecule has 0 aromatic heterocycles. The van der Waals surface area contributed by atoms with Crippen LogP contribution in [0, 0.1) is 24.0 Å². The van der Waals surface area contributed by atoms with Crippen LogP contribution in [0.15, 0.2) is 41.4 Å². The number of aliphatic imine (C=N–C) groups is 1.